The van der Waals surface area contributed by atoms with Gasteiger partial charge in [-0.25, -0.2) is 4.98 Å². The Labute approximate surface area is 134 Å². The molecule has 0 bridgehead atoms. The lowest BCUT2D eigenvalue weighted by atomic mass is 10.2. The van der Waals surface area contributed by atoms with Crippen LogP contribution in [0.1, 0.15) is 0 Å². The van der Waals surface area contributed by atoms with E-state index in [4.69, 9.17) is 16.3 Å². The second-order valence-corrected chi connectivity index (χ2v) is 6.71. The number of nitrogens with zero attached hydrogens (tertiary/aromatic N) is 4. The molecule has 0 unspecified atom stereocenters. The molecule has 0 aromatic carbocycles. The quantitative estimate of drug-likeness (QED) is 0.671. The van der Waals surface area contributed by atoms with Crippen molar-refractivity contribution in [1.29, 1.82) is 0 Å². The van der Waals surface area contributed by atoms with E-state index in [9.17, 15) is 0 Å². The normalized spacial score (nSPS) is 15.8. The SMILES string of the molecule is Clc1nc(N2CCOCC2)c2scc(-c3cncs3)c2n1. The van der Waals surface area contributed by atoms with Gasteiger partial charge in [-0.3, -0.25) is 4.98 Å². The van der Waals surface area contributed by atoms with Crippen LogP contribution in [0.25, 0.3) is 20.7 Å². The Hall–Kier alpha value is -1.28. The van der Waals surface area contributed by atoms with Crippen LogP contribution in [0.2, 0.25) is 5.28 Å². The molecule has 5 nitrogen and oxygen atoms in total. The van der Waals surface area contributed by atoms with Crippen LogP contribution in [0.15, 0.2) is 17.1 Å². The number of hydrogen-bond acceptors (Lipinski definition) is 7. The number of rotatable bonds is 2. The summed E-state index contributed by atoms with van der Waals surface area (Å²) in [6.07, 6.45) is 1.86. The zero-order valence-electron chi connectivity index (χ0n) is 11.0. The minimum absolute atomic E-state index is 0.285. The third kappa shape index (κ3) is 2.40. The summed E-state index contributed by atoms with van der Waals surface area (Å²) in [5.74, 6) is 0.911. The van der Waals surface area contributed by atoms with E-state index in [1.54, 1.807) is 22.7 Å². The van der Waals surface area contributed by atoms with Gasteiger partial charge in [0.1, 0.15) is 0 Å². The molecule has 8 heteroatoms. The highest BCUT2D eigenvalue weighted by Crippen LogP contribution is 2.39. The first-order valence-electron chi connectivity index (χ1n) is 6.49. The predicted octanol–water partition coefficient (Wildman–Crippen LogP) is 3.30. The van der Waals surface area contributed by atoms with E-state index in [0.717, 1.165) is 52.8 Å². The van der Waals surface area contributed by atoms with Crippen molar-refractivity contribution >= 4 is 50.3 Å². The van der Waals surface area contributed by atoms with Gasteiger partial charge in [-0.1, -0.05) is 0 Å². The minimum Gasteiger partial charge on any atom is -0.378 e. The topological polar surface area (TPSA) is 51.1 Å². The lowest BCUT2D eigenvalue weighted by molar-refractivity contribution is 0.122. The van der Waals surface area contributed by atoms with Gasteiger partial charge in [-0.15, -0.1) is 22.7 Å². The number of fused-ring (bicyclic) bond motifs is 1. The third-order valence-corrected chi connectivity index (χ3v) is 5.32. The van der Waals surface area contributed by atoms with Crippen LogP contribution in [0.5, 0.6) is 0 Å². The molecule has 1 aliphatic rings. The molecule has 1 aliphatic heterocycles. The lowest BCUT2D eigenvalue weighted by Gasteiger charge is -2.28. The molecule has 0 aliphatic carbocycles. The molecule has 21 heavy (non-hydrogen) atoms. The number of ether oxygens (including phenoxy) is 1. The smallest absolute Gasteiger partial charge is 0.224 e. The molecule has 0 saturated carbocycles. The summed E-state index contributed by atoms with van der Waals surface area (Å²) < 4.78 is 6.48. The molecule has 0 amide bonds. The summed E-state index contributed by atoms with van der Waals surface area (Å²) in [6.45, 7) is 3.10. The summed E-state index contributed by atoms with van der Waals surface area (Å²) in [6, 6.07) is 0. The van der Waals surface area contributed by atoms with Crippen molar-refractivity contribution in [2.75, 3.05) is 31.2 Å². The Bertz CT molecular complexity index is 768. The molecular formula is C13H11ClN4OS2. The molecule has 0 atom stereocenters. The summed E-state index contributed by atoms with van der Waals surface area (Å²) in [5, 5.41) is 2.39. The molecule has 108 valence electrons. The zero-order valence-corrected chi connectivity index (χ0v) is 13.3. The van der Waals surface area contributed by atoms with E-state index < -0.39 is 0 Å². The number of thiazole rings is 1. The highest BCUT2D eigenvalue weighted by molar-refractivity contribution is 7.19. The van der Waals surface area contributed by atoms with Crippen molar-refractivity contribution in [3.63, 3.8) is 0 Å². The van der Waals surface area contributed by atoms with Crippen LogP contribution >= 0.6 is 34.3 Å². The van der Waals surface area contributed by atoms with Crippen molar-refractivity contribution < 1.29 is 4.74 Å². The van der Waals surface area contributed by atoms with E-state index >= 15 is 0 Å². The zero-order chi connectivity index (χ0) is 14.2. The fourth-order valence-corrected chi connectivity index (χ4v) is 4.29. The van der Waals surface area contributed by atoms with Crippen molar-refractivity contribution in [2.45, 2.75) is 0 Å². The molecule has 3 aromatic heterocycles. The number of morpholine rings is 1. The molecular weight excluding hydrogens is 328 g/mol. The van der Waals surface area contributed by atoms with Gasteiger partial charge in [0.05, 0.1) is 33.8 Å². The molecule has 4 heterocycles. The number of anilines is 1. The fraction of sp³-hybridized carbons (Fsp3) is 0.308. The first-order valence-corrected chi connectivity index (χ1v) is 8.63. The summed E-state index contributed by atoms with van der Waals surface area (Å²) >= 11 is 9.40. The maximum Gasteiger partial charge on any atom is 0.224 e. The fourth-order valence-electron chi connectivity index (χ4n) is 2.39. The van der Waals surface area contributed by atoms with Gasteiger partial charge in [0, 0.05) is 30.2 Å². The maximum atomic E-state index is 6.15. The molecule has 4 rings (SSSR count). The van der Waals surface area contributed by atoms with Crippen molar-refractivity contribution in [3.8, 4) is 10.4 Å². The average molecular weight is 339 g/mol. The molecule has 0 N–H and O–H groups in total. The summed E-state index contributed by atoms with van der Waals surface area (Å²) in [7, 11) is 0. The van der Waals surface area contributed by atoms with Crippen molar-refractivity contribution in [3.05, 3.63) is 22.4 Å². The van der Waals surface area contributed by atoms with Crippen LogP contribution in [0, 0.1) is 0 Å². The largest absolute Gasteiger partial charge is 0.378 e. The van der Waals surface area contributed by atoms with Gasteiger partial charge in [0.25, 0.3) is 0 Å². The van der Waals surface area contributed by atoms with Crippen LogP contribution in [-0.2, 0) is 4.74 Å². The molecule has 0 spiro atoms. The van der Waals surface area contributed by atoms with E-state index in [1.807, 2.05) is 11.7 Å². The van der Waals surface area contributed by atoms with E-state index in [1.165, 1.54) is 0 Å². The van der Waals surface area contributed by atoms with Crippen molar-refractivity contribution in [1.82, 2.24) is 15.0 Å². The van der Waals surface area contributed by atoms with Gasteiger partial charge >= 0.3 is 0 Å². The Morgan fingerprint density at radius 3 is 2.81 bits per heavy atom. The van der Waals surface area contributed by atoms with E-state index in [-0.39, 0.29) is 5.28 Å². The van der Waals surface area contributed by atoms with Gasteiger partial charge in [-0.05, 0) is 11.6 Å². The number of aromatic nitrogens is 3. The van der Waals surface area contributed by atoms with Gasteiger partial charge in [-0.2, -0.15) is 4.98 Å². The minimum atomic E-state index is 0.285. The highest BCUT2D eigenvalue weighted by atomic mass is 35.5. The van der Waals surface area contributed by atoms with Gasteiger partial charge in [0.2, 0.25) is 5.28 Å². The molecule has 0 radical (unpaired) electrons. The summed E-state index contributed by atoms with van der Waals surface area (Å²) in [4.78, 5) is 16.3. The van der Waals surface area contributed by atoms with Gasteiger partial charge < -0.3 is 9.64 Å². The number of halogens is 1. The van der Waals surface area contributed by atoms with Gasteiger partial charge in [0.15, 0.2) is 5.82 Å². The molecule has 3 aromatic rings. The first-order chi connectivity index (χ1) is 10.3. The second-order valence-electron chi connectivity index (χ2n) is 4.61. The highest BCUT2D eigenvalue weighted by Gasteiger charge is 2.20. The Kier molecular flexibility index (Phi) is 3.50. The predicted molar refractivity (Wildman–Crippen MR) is 86.6 cm³/mol. The Morgan fingerprint density at radius 1 is 1.19 bits per heavy atom. The van der Waals surface area contributed by atoms with Crippen LogP contribution < -0.4 is 4.90 Å². The standard InChI is InChI=1S/C13H11ClN4OS2/c14-13-16-10-8(9-5-15-7-21-9)6-20-11(10)12(17-13)18-1-3-19-4-2-18/h5-7H,1-4H2. The second kappa shape index (κ2) is 5.49. The van der Waals surface area contributed by atoms with E-state index in [0.29, 0.717) is 0 Å². The Balaban J connectivity index is 1.88. The van der Waals surface area contributed by atoms with E-state index in [2.05, 4.69) is 25.2 Å². The van der Waals surface area contributed by atoms with Crippen molar-refractivity contribution in [2.24, 2.45) is 0 Å². The third-order valence-electron chi connectivity index (χ3n) is 3.38. The molecule has 1 fully saturated rings. The first kappa shape index (κ1) is 13.4. The monoisotopic (exact) mass is 338 g/mol. The maximum absolute atomic E-state index is 6.15. The lowest BCUT2D eigenvalue weighted by Crippen LogP contribution is -2.36. The van der Waals surface area contributed by atoms with Crippen LogP contribution in [0.4, 0.5) is 5.82 Å². The van der Waals surface area contributed by atoms with Crippen LogP contribution in [-0.4, -0.2) is 41.3 Å². The summed E-state index contributed by atoms with van der Waals surface area (Å²) in [5.41, 5.74) is 3.81. The molecule has 1 saturated heterocycles. The number of thiophene rings is 1. The van der Waals surface area contributed by atoms with Crippen LogP contribution in [0.3, 0.4) is 0 Å². The number of hydrogen-bond donors (Lipinski definition) is 0. The average Bonchev–Trinajstić information content (AvgIpc) is 3.15. The Morgan fingerprint density at radius 2 is 2.05 bits per heavy atom.